The first-order valence-electron chi connectivity index (χ1n) is 6.72. The summed E-state index contributed by atoms with van der Waals surface area (Å²) in [5.41, 5.74) is 2.77. The summed E-state index contributed by atoms with van der Waals surface area (Å²) in [6, 6.07) is 5.80. The number of carboxylic acid groups (broad SMARTS) is 1. The molecule has 0 aliphatic rings. The molecule has 0 spiro atoms. The number of carboxylic acids is 1. The smallest absolute Gasteiger partial charge is 0.317 e. The van der Waals surface area contributed by atoms with E-state index in [4.69, 9.17) is 9.84 Å². The molecule has 2 N–H and O–H groups in total. The number of carbonyl (C=O) groups excluding carboxylic acids is 1. The molecule has 0 fully saturated rings. The zero-order valence-electron chi connectivity index (χ0n) is 12.7. The van der Waals surface area contributed by atoms with E-state index in [-0.39, 0.29) is 19.0 Å². The highest BCUT2D eigenvalue weighted by Crippen LogP contribution is 2.16. The number of rotatable bonds is 8. The van der Waals surface area contributed by atoms with E-state index in [1.54, 1.807) is 0 Å². The van der Waals surface area contributed by atoms with Crippen LogP contribution in [0.1, 0.15) is 11.1 Å². The van der Waals surface area contributed by atoms with Crippen molar-refractivity contribution in [1.82, 2.24) is 4.90 Å². The predicted molar refractivity (Wildman–Crippen MR) is 80.5 cm³/mol. The number of benzene rings is 1. The topological polar surface area (TPSA) is 78.9 Å². The van der Waals surface area contributed by atoms with Gasteiger partial charge in [0, 0.05) is 19.3 Å². The van der Waals surface area contributed by atoms with Gasteiger partial charge in [0.1, 0.15) is 0 Å². The summed E-state index contributed by atoms with van der Waals surface area (Å²) in [7, 11) is 1.54. The summed E-state index contributed by atoms with van der Waals surface area (Å²) in [6.07, 6.45) is 0. The second-order valence-corrected chi connectivity index (χ2v) is 4.96. The Bertz CT molecular complexity index is 502. The molecule has 6 heteroatoms. The summed E-state index contributed by atoms with van der Waals surface area (Å²) in [5.74, 6) is -1.20. The molecule has 0 aliphatic heterocycles. The Morgan fingerprint density at radius 2 is 2.00 bits per heavy atom. The molecular formula is C15H22N2O4. The normalized spacial score (nSPS) is 10.7. The second-order valence-electron chi connectivity index (χ2n) is 4.96. The number of amides is 1. The van der Waals surface area contributed by atoms with Gasteiger partial charge in [-0.15, -0.1) is 0 Å². The molecule has 0 bridgehead atoms. The van der Waals surface area contributed by atoms with Crippen molar-refractivity contribution in [2.45, 2.75) is 13.8 Å². The molecule has 21 heavy (non-hydrogen) atoms. The van der Waals surface area contributed by atoms with Crippen molar-refractivity contribution in [2.75, 3.05) is 38.7 Å². The monoisotopic (exact) mass is 294 g/mol. The van der Waals surface area contributed by atoms with Gasteiger partial charge in [0.2, 0.25) is 5.91 Å². The standard InChI is InChI=1S/C15H22N2O4/c1-11-4-5-12(2)13(8-11)16-14(18)9-17(6-7-21-3)10-15(19)20/h4-5,8H,6-7,9-10H2,1-3H3,(H,16,18)(H,19,20). The first kappa shape index (κ1) is 17.1. The lowest BCUT2D eigenvalue weighted by molar-refractivity contribution is -0.138. The van der Waals surface area contributed by atoms with Crippen LogP contribution in [0.4, 0.5) is 5.69 Å². The molecule has 0 radical (unpaired) electrons. The quantitative estimate of drug-likeness (QED) is 0.755. The molecule has 0 aliphatic carbocycles. The zero-order chi connectivity index (χ0) is 15.8. The third kappa shape index (κ3) is 6.37. The molecule has 0 unspecified atom stereocenters. The molecule has 1 rings (SSSR count). The number of aliphatic carboxylic acids is 1. The number of anilines is 1. The van der Waals surface area contributed by atoms with Gasteiger partial charge in [-0.25, -0.2) is 0 Å². The van der Waals surface area contributed by atoms with Crippen LogP contribution in [0.5, 0.6) is 0 Å². The lowest BCUT2D eigenvalue weighted by Crippen LogP contribution is -2.38. The van der Waals surface area contributed by atoms with Crippen molar-refractivity contribution in [3.05, 3.63) is 29.3 Å². The molecule has 1 amide bonds. The minimum atomic E-state index is -0.967. The predicted octanol–water partition coefficient (Wildman–Crippen LogP) is 1.27. The van der Waals surface area contributed by atoms with E-state index in [0.29, 0.717) is 13.2 Å². The van der Waals surface area contributed by atoms with Gasteiger partial charge in [0.05, 0.1) is 19.7 Å². The van der Waals surface area contributed by atoms with Crippen LogP contribution in [0.3, 0.4) is 0 Å². The fourth-order valence-electron chi connectivity index (χ4n) is 1.89. The first-order valence-corrected chi connectivity index (χ1v) is 6.72. The highest BCUT2D eigenvalue weighted by molar-refractivity contribution is 5.93. The Balaban J connectivity index is 2.64. The molecule has 0 aromatic heterocycles. The molecule has 0 saturated carbocycles. The van der Waals surface area contributed by atoms with Gasteiger partial charge in [-0.2, -0.15) is 0 Å². The van der Waals surface area contributed by atoms with Crippen molar-refractivity contribution < 1.29 is 19.4 Å². The van der Waals surface area contributed by atoms with Gasteiger partial charge in [-0.05, 0) is 31.0 Å². The van der Waals surface area contributed by atoms with Crippen LogP contribution in [0.25, 0.3) is 0 Å². The molecule has 0 atom stereocenters. The second kappa shape index (κ2) is 8.39. The van der Waals surface area contributed by atoms with Crippen LogP contribution in [-0.4, -0.2) is 55.2 Å². The van der Waals surface area contributed by atoms with E-state index in [1.165, 1.54) is 12.0 Å². The fraction of sp³-hybridized carbons (Fsp3) is 0.467. The highest BCUT2D eigenvalue weighted by Gasteiger charge is 2.14. The Hall–Kier alpha value is -1.92. The Labute approximate surface area is 124 Å². The number of nitrogens with zero attached hydrogens (tertiary/aromatic N) is 1. The maximum atomic E-state index is 12.0. The van der Waals surface area contributed by atoms with Gasteiger partial charge in [0.25, 0.3) is 0 Å². The number of methoxy groups -OCH3 is 1. The molecule has 1 aromatic rings. The Kier molecular flexibility index (Phi) is 6.84. The minimum Gasteiger partial charge on any atom is -0.480 e. The molecule has 0 heterocycles. The number of hydrogen-bond donors (Lipinski definition) is 2. The Morgan fingerprint density at radius 3 is 2.62 bits per heavy atom. The first-order chi connectivity index (χ1) is 9.92. The van der Waals surface area contributed by atoms with E-state index in [9.17, 15) is 9.59 Å². The van der Waals surface area contributed by atoms with Gasteiger partial charge >= 0.3 is 5.97 Å². The van der Waals surface area contributed by atoms with Gasteiger partial charge in [-0.3, -0.25) is 14.5 Å². The largest absolute Gasteiger partial charge is 0.480 e. The van der Waals surface area contributed by atoms with Crippen molar-refractivity contribution in [3.63, 3.8) is 0 Å². The van der Waals surface area contributed by atoms with E-state index >= 15 is 0 Å². The fourth-order valence-corrected chi connectivity index (χ4v) is 1.89. The van der Waals surface area contributed by atoms with Crippen LogP contribution in [0.15, 0.2) is 18.2 Å². The average Bonchev–Trinajstić information content (AvgIpc) is 2.39. The summed E-state index contributed by atoms with van der Waals surface area (Å²) < 4.78 is 4.92. The van der Waals surface area contributed by atoms with Crippen molar-refractivity contribution in [2.24, 2.45) is 0 Å². The van der Waals surface area contributed by atoms with Crippen LogP contribution >= 0.6 is 0 Å². The van der Waals surface area contributed by atoms with Gasteiger partial charge in [-0.1, -0.05) is 12.1 Å². The summed E-state index contributed by atoms with van der Waals surface area (Å²) in [4.78, 5) is 24.4. The van der Waals surface area contributed by atoms with Crippen LogP contribution in [0, 0.1) is 13.8 Å². The van der Waals surface area contributed by atoms with Gasteiger partial charge in [0.15, 0.2) is 0 Å². The third-order valence-electron chi connectivity index (χ3n) is 3.00. The summed E-state index contributed by atoms with van der Waals surface area (Å²) in [6.45, 7) is 4.46. The van der Waals surface area contributed by atoms with E-state index in [2.05, 4.69) is 5.32 Å². The molecule has 116 valence electrons. The van der Waals surface area contributed by atoms with Crippen LogP contribution in [0.2, 0.25) is 0 Å². The zero-order valence-corrected chi connectivity index (χ0v) is 12.7. The molecule has 6 nitrogen and oxygen atoms in total. The number of nitrogens with one attached hydrogen (secondary N) is 1. The molecular weight excluding hydrogens is 272 g/mol. The third-order valence-corrected chi connectivity index (χ3v) is 3.00. The molecule has 1 aromatic carbocycles. The SMILES string of the molecule is COCCN(CC(=O)O)CC(=O)Nc1cc(C)ccc1C. The number of ether oxygens (including phenoxy) is 1. The maximum Gasteiger partial charge on any atom is 0.317 e. The average molecular weight is 294 g/mol. The number of aryl methyl sites for hydroxylation is 2. The van der Waals surface area contributed by atoms with Gasteiger partial charge < -0.3 is 15.2 Å². The minimum absolute atomic E-state index is 0.0169. The van der Waals surface area contributed by atoms with E-state index in [1.807, 2.05) is 32.0 Å². The summed E-state index contributed by atoms with van der Waals surface area (Å²) >= 11 is 0. The van der Waals surface area contributed by atoms with Crippen LogP contribution < -0.4 is 5.32 Å². The lowest BCUT2D eigenvalue weighted by atomic mass is 10.1. The van der Waals surface area contributed by atoms with Crippen molar-refractivity contribution in [1.29, 1.82) is 0 Å². The van der Waals surface area contributed by atoms with E-state index < -0.39 is 5.97 Å². The lowest BCUT2D eigenvalue weighted by Gasteiger charge is -2.19. The highest BCUT2D eigenvalue weighted by atomic mass is 16.5. The Morgan fingerprint density at radius 1 is 1.29 bits per heavy atom. The number of hydrogen-bond acceptors (Lipinski definition) is 4. The number of carbonyl (C=O) groups is 2. The maximum absolute atomic E-state index is 12.0. The molecule has 0 saturated heterocycles. The van der Waals surface area contributed by atoms with Crippen molar-refractivity contribution >= 4 is 17.6 Å². The van der Waals surface area contributed by atoms with Crippen molar-refractivity contribution in [3.8, 4) is 0 Å². The van der Waals surface area contributed by atoms with Crippen LogP contribution in [-0.2, 0) is 14.3 Å². The van der Waals surface area contributed by atoms with E-state index in [0.717, 1.165) is 16.8 Å². The summed E-state index contributed by atoms with van der Waals surface area (Å²) in [5, 5.41) is 11.7.